The highest BCUT2D eigenvalue weighted by Gasteiger charge is 2.29. The number of aromatic hydroxyl groups is 1. The molecule has 192 valence electrons. The predicted molar refractivity (Wildman–Crippen MR) is 136 cm³/mol. The lowest BCUT2D eigenvalue weighted by molar-refractivity contribution is -0.137. The number of amides is 2. The monoisotopic (exact) mass is 539 g/mol. The van der Waals surface area contributed by atoms with Crippen LogP contribution >= 0.6 is 11.8 Å². The summed E-state index contributed by atoms with van der Waals surface area (Å²) in [6, 6.07) is 15.7. The van der Waals surface area contributed by atoms with Crippen LogP contribution in [-0.2, 0) is 22.6 Å². The number of benzene rings is 3. The molecule has 0 saturated heterocycles. The largest absolute Gasteiger partial charge is 0.506 e. The van der Waals surface area contributed by atoms with Crippen LogP contribution in [0.15, 0.2) is 71.6 Å². The minimum absolute atomic E-state index is 0.0602. The van der Waals surface area contributed by atoms with Crippen LogP contribution in [0, 0.1) is 0 Å². The van der Waals surface area contributed by atoms with E-state index in [-0.39, 0.29) is 17.1 Å². The van der Waals surface area contributed by atoms with E-state index in [0.717, 1.165) is 41.0 Å². The van der Waals surface area contributed by atoms with E-state index in [0.29, 0.717) is 12.1 Å². The number of hydrogen-bond acceptors (Lipinski definition) is 5. The van der Waals surface area contributed by atoms with Gasteiger partial charge in [-0.2, -0.15) is 13.2 Å². The van der Waals surface area contributed by atoms with Crippen molar-refractivity contribution in [2.45, 2.75) is 23.9 Å². The van der Waals surface area contributed by atoms with Crippen molar-refractivity contribution in [3.63, 3.8) is 0 Å². The van der Waals surface area contributed by atoms with Crippen molar-refractivity contribution < 1.29 is 31.5 Å². The highest BCUT2D eigenvalue weighted by Crippen LogP contribution is 2.30. The Labute approximate surface area is 211 Å². The number of hydrogen-bond donors (Lipinski definition) is 4. The van der Waals surface area contributed by atoms with E-state index in [9.17, 15) is 31.5 Å². The van der Waals surface area contributed by atoms with E-state index in [1.54, 1.807) is 23.9 Å². The smallest absolute Gasteiger partial charge is 0.416 e. The Bertz CT molecular complexity index is 1300. The first kappa shape index (κ1) is 27.2. The van der Waals surface area contributed by atoms with Gasteiger partial charge in [0, 0.05) is 16.3 Å². The van der Waals surface area contributed by atoms with Crippen molar-refractivity contribution in [2.75, 3.05) is 27.4 Å². The van der Waals surface area contributed by atoms with Crippen LogP contribution < -0.4 is 15.4 Å². The minimum Gasteiger partial charge on any atom is -0.506 e. The van der Waals surface area contributed by atoms with E-state index in [1.165, 1.54) is 30.3 Å². The molecule has 0 unspecified atom stereocenters. The maximum atomic E-state index is 12.6. The molecule has 3 aromatic rings. The summed E-state index contributed by atoms with van der Waals surface area (Å²) in [5.74, 6) is 0.498. The summed E-state index contributed by atoms with van der Waals surface area (Å²) >= 11 is 1.60. The number of phenolic OH excluding ortho intramolecular Hbond substituents is 1. The van der Waals surface area contributed by atoms with Crippen molar-refractivity contribution in [3.8, 4) is 5.75 Å². The van der Waals surface area contributed by atoms with Gasteiger partial charge in [0.15, 0.2) is 0 Å². The SMILES string of the molecule is CS(=O)(=O)Nc1cc(NC(=O)Nc2ccc(SCCCc3ccc(C(F)(F)F)cc3)cc2)ccc1O. The Morgan fingerprint density at radius 3 is 2.17 bits per heavy atom. The van der Waals surface area contributed by atoms with Crippen molar-refractivity contribution in [1.82, 2.24) is 0 Å². The van der Waals surface area contributed by atoms with Crippen LogP contribution in [0.2, 0.25) is 0 Å². The number of phenols is 1. The van der Waals surface area contributed by atoms with Crippen molar-refractivity contribution in [2.24, 2.45) is 0 Å². The first-order chi connectivity index (χ1) is 16.9. The number of carbonyl (C=O) groups excluding carboxylic acids is 1. The zero-order valence-corrected chi connectivity index (χ0v) is 20.7. The van der Waals surface area contributed by atoms with Crippen LogP contribution in [0.1, 0.15) is 17.5 Å². The first-order valence-corrected chi connectivity index (χ1v) is 13.5. The standard InChI is InChI=1S/C24H24F3N3O4S2/c1-36(33,34)30-21-15-19(10-13-22(21)31)29-23(32)28-18-8-11-20(12-9-18)35-14-2-3-16-4-6-17(7-5-16)24(25,26)27/h4-13,15,30-31H,2-3,14H2,1H3,(H2,28,29,32). The van der Waals surface area contributed by atoms with Gasteiger partial charge >= 0.3 is 12.2 Å². The molecule has 0 spiro atoms. The Morgan fingerprint density at radius 1 is 0.944 bits per heavy atom. The summed E-state index contributed by atoms with van der Waals surface area (Å²) in [4.78, 5) is 13.3. The molecular weight excluding hydrogens is 515 g/mol. The molecule has 0 atom stereocenters. The van der Waals surface area contributed by atoms with Crippen molar-refractivity contribution in [1.29, 1.82) is 0 Å². The third kappa shape index (κ3) is 8.68. The van der Waals surface area contributed by atoms with Gasteiger partial charge in [0.25, 0.3) is 0 Å². The summed E-state index contributed by atoms with van der Waals surface area (Å²) < 4.78 is 62.8. The van der Waals surface area contributed by atoms with Gasteiger partial charge in [-0.3, -0.25) is 4.72 Å². The molecule has 0 bridgehead atoms. The second-order valence-electron chi connectivity index (χ2n) is 7.86. The third-order valence-corrected chi connectivity index (χ3v) is 6.51. The average Bonchev–Trinajstić information content (AvgIpc) is 2.79. The molecule has 0 radical (unpaired) electrons. The van der Waals surface area contributed by atoms with Gasteiger partial charge in [-0.1, -0.05) is 12.1 Å². The average molecular weight is 540 g/mol. The van der Waals surface area contributed by atoms with Gasteiger partial charge in [0.1, 0.15) is 5.75 Å². The molecule has 0 aromatic heterocycles. The fraction of sp³-hybridized carbons (Fsp3) is 0.208. The number of aryl methyl sites for hydroxylation is 1. The number of sulfonamides is 1. The highest BCUT2D eigenvalue weighted by atomic mass is 32.2. The molecule has 0 aliphatic heterocycles. The number of nitrogens with one attached hydrogen (secondary N) is 3. The molecule has 12 heteroatoms. The van der Waals surface area contributed by atoms with Crippen LogP contribution in [0.4, 0.5) is 35.0 Å². The maximum absolute atomic E-state index is 12.6. The second-order valence-corrected chi connectivity index (χ2v) is 10.8. The zero-order valence-electron chi connectivity index (χ0n) is 19.1. The Hall–Kier alpha value is -3.38. The van der Waals surface area contributed by atoms with Crippen molar-refractivity contribution >= 4 is 44.9 Å². The normalized spacial score (nSPS) is 11.7. The molecule has 0 heterocycles. The van der Waals surface area contributed by atoms with Gasteiger partial charge in [0.2, 0.25) is 10.0 Å². The Morgan fingerprint density at radius 2 is 1.56 bits per heavy atom. The van der Waals surface area contributed by atoms with Gasteiger partial charge in [-0.25, -0.2) is 13.2 Å². The molecular formula is C24H24F3N3O4S2. The number of alkyl halides is 3. The lowest BCUT2D eigenvalue weighted by Crippen LogP contribution is -2.19. The van der Waals surface area contributed by atoms with Gasteiger partial charge in [-0.05, 0) is 78.8 Å². The topological polar surface area (TPSA) is 108 Å². The number of anilines is 3. The summed E-state index contributed by atoms with van der Waals surface area (Å²) in [5.41, 5.74) is 0.948. The molecule has 3 aromatic carbocycles. The number of carbonyl (C=O) groups is 1. The molecule has 0 saturated carbocycles. The summed E-state index contributed by atoms with van der Waals surface area (Å²) in [6.45, 7) is 0. The van der Waals surface area contributed by atoms with E-state index in [4.69, 9.17) is 0 Å². The lowest BCUT2D eigenvalue weighted by atomic mass is 10.1. The molecule has 0 aliphatic rings. The van der Waals surface area contributed by atoms with Crippen LogP contribution in [0.25, 0.3) is 0 Å². The predicted octanol–water partition coefficient (Wildman–Crippen LogP) is 6.15. The molecule has 0 fully saturated rings. The van der Waals surface area contributed by atoms with Crippen LogP contribution in [0.3, 0.4) is 0 Å². The number of rotatable bonds is 9. The van der Waals surface area contributed by atoms with Gasteiger partial charge in [0.05, 0.1) is 17.5 Å². The van der Waals surface area contributed by atoms with E-state index >= 15 is 0 Å². The van der Waals surface area contributed by atoms with E-state index < -0.39 is 27.8 Å². The van der Waals surface area contributed by atoms with Crippen LogP contribution in [-0.4, -0.2) is 31.6 Å². The summed E-state index contributed by atoms with van der Waals surface area (Å²) in [7, 11) is -3.60. The zero-order chi connectivity index (χ0) is 26.3. The fourth-order valence-corrected chi connectivity index (χ4v) is 4.57. The van der Waals surface area contributed by atoms with Gasteiger partial charge in [-0.15, -0.1) is 11.8 Å². The number of thioether (sulfide) groups is 1. The van der Waals surface area contributed by atoms with Crippen LogP contribution in [0.5, 0.6) is 5.75 Å². The Kier molecular flexibility index (Phi) is 8.75. The molecule has 4 N–H and O–H groups in total. The molecule has 7 nitrogen and oxygen atoms in total. The number of urea groups is 1. The quantitative estimate of drug-likeness (QED) is 0.113. The Balaban J connectivity index is 1.45. The summed E-state index contributed by atoms with van der Waals surface area (Å²) in [6.07, 6.45) is -1.92. The minimum atomic E-state index is -4.33. The van der Waals surface area contributed by atoms with E-state index in [2.05, 4.69) is 15.4 Å². The fourth-order valence-electron chi connectivity index (χ4n) is 3.15. The third-order valence-electron chi connectivity index (χ3n) is 4.82. The first-order valence-electron chi connectivity index (χ1n) is 10.7. The maximum Gasteiger partial charge on any atom is 0.416 e. The molecule has 36 heavy (non-hydrogen) atoms. The van der Waals surface area contributed by atoms with E-state index in [1.807, 2.05) is 12.1 Å². The van der Waals surface area contributed by atoms with Crippen molar-refractivity contribution in [3.05, 3.63) is 77.9 Å². The summed E-state index contributed by atoms with van der Waals surface area (Å²) in [5, 5.41) is 15.0. The van der Waals surface area contributed by atoms with Gasteiger partial charge < -0.3 is 15.7 Å². The molecule has 3 rings (SSSR count). The molecule has 0 aliphatic carbocycles. The highest BCUT2D eigenvalue weighted by molar-refractivity contribution is 7.99. The number of halogens is 3. The lowest BCUT2D eigenvalue weighted by Gasteiger charge is -2.11. The molecule has 2 amide bonds. The second kappa shape index (κ2) is 11.6.